The van der Waals surface area contributed by atoms with E-state index >= 15 is 0 Å². The van der Waals surface area contributed by atoms with Crippen molar-refractivity contribution in [3.63, 3.8) is 0 Å². The summed E-state index contributed by atoms with van der Waals surface area (Å²) in [5.41, 5.74) is 3.10. The van der Waals surface area contributed by atoms with Crippen molar-refractivity contribution in [3.8, 4) is 11.3 Å². The molecule has 3 aromatic rings. The molecule has 2 N–H and O–H groups in total. The van der Waals surface area contributed by atoms with Gasteiger partial charge in [-0.05, 0) is 24.3 Å². The van der Waals surface area contributed by atoms with Gasteiger partial charge in [0.25, 0.3) is 0 Å². The Hall–Kier alpha value is -2.70. The van der Waals surface area contributed by atoms with Crippen LogP contribution in [0.25, 0.3) is 16.8 Å². The van der Waals surface area contributed by atoms with Gasteiger partial charge in [0, 0.05) is 22.2 Å². The molecule has 1 aromatic carbocycles. The SMILES string of the molecule is N=C1C(c2nc(-c3ccc(Cl)cc3)cs2)=C(O)CN1Cc1ccccn1. The molecule has 0 aliphatic carbocycles. The summed E-state index contributed by atoms with van der Waals surface area (Å²) < 4.78 is 0. The number of nitrogens with one attached hydrogen (secondary N) is 1. The summed E-state index contributed by atoms with van der Waals surface area (Å²) in [6.07, 6.45) is 1.72. The minimum Gasteiger partial charge on any atom is -0.510 e. The number of amidine groups is 1. The van der Waals surface area contributed by atoms with Crippen LogP contribution in [-0.4, -0.2) is 32.4 Å². The van der Waals surface area contributed by atoms with Crippen molar-refractivity contribution in [1.29, 1.82) is 5.41 Å². The van der Waals surface area contributed by atoms with Crippen molar-refractivity contribution < 1.29 is 5.11 Å². The Morgan fingerprint density at radius 1 is 1.19 bits per heavy atom. The number of aliphatic hydroxyl groups is 1. The third-order valence-corrected chi connectivity index (χ3v) is 5.23. The molecule has 3 heterocycles. The number of rotatable bonds is 4. The summed E-state index contributed by atoms with van der Waals surface area (Å²) in [5.74, 6) is 0.438. The smallest absolute Gasteiger partial charge is 0.135 e. The molecule has 4 rings (SSSR count). The highest BCUT2D eigenvalue weighted by Gasteiger charge is 2.30. The molecule has 0 fully saturated rings. The highest BCUT2D eigenvalue weighted by Crippen LogP contribution is 2.32. The van der Waals surface area contributed by atoms with E-state index in [0.29, 0.717) is 28.7 Å². The summed E-state index contributed by atoms with van der Waals surface area (Å²) >= 11 is 7.35. The number of benzene rings is 1. The van der Waals surface area contributed by atoms with Crippen LogP contribution < -0.4 is 0 Å². The largest absolute Gasteiger partial charge is 0.510 e. The lowest BCUT2D eigenvalue weighted by Gasteiger charge is -2.17. The minimum atomic E-state index is 0.169. The highest BCUT2D eigenvalue weighted by atomic mass is 35.5. The zero-order chi connectivity index (χ0) is 18.1. The molecular formula is C19H15ClN4OS. The van der Waals surface area contributed by atoms with Gasteiger partial charge < -0.3 is 10.0 Å². The quantitative estimate of drug-likeness (QED) is 0.690. The Kier molecular flexibility index (Phi) is 4.44. The Morgan fingerprint density at radius 3 is 2.73 bits per heavy atom. The molecule has 0 amide bonds. The van der Waals surface area contributed by atoms with E-state index in [1.807, 2.05) is 47.8 Å². The van der Waals surface area contributed by atoms with Crippen LogP contribution in [0.3, 0.4) is 0 Å². The van der Waals surface area contributed by atoms with Gasteiger partial charge in [0.05, 0.1) is 30.1 Å². The number of hydrogen-bond acceptors (Lipinski definition) is 5. The average Bonchev–Trinajstić information content (AvgIpc) is 3.22. The lowest BCUT2D eigenvalue weighted by molar-refractivity contribution is 0.345. The van der Waals surface area contributed by atoms with Crippen LogP contribution in [0.5, 0.6) is 0 Å². The zero-order valence-corrected chi connectivity index (χ0v) is 15.3. The van der Waals surface area contributed by atoms with E-state index in [0.717, 1.165) is 17.0 Å². The maximum Gasteiger partial charge on any atom is 0.135 e. The topological polar surface area (TPSA) is 73.1 Å². The summed E-state index contributed by atoms with van der Waals surface area (Å²) in [5, 5.41) is 22.1. The molecule has 130 valence electrons. The monoisotopic (exact) mass is 382 g/mol. The standard InChI is InChI=1S/C19H15ClN4OS/c20-13-6-4-12(5-7-13)15-11-26-19(23-15)17-16(25)10-24(18(17)21)9-14-3-1-2-8-22-14/h1-8,11,21,25H,9-10H2. The van der Waals surface area contributed by atoms with Crippen LogP contribution in [0.2, 0.25) is 5.02 Å². The molecule has 0 unspecified atom stereocenters. The molecule has 0 saturated heterocycles. The van der Waals surface area contributed by atoms with Crippen molar-refractivity contribution in [3.05, 3.63) is 75.5 Å². The fourth-order valence-corrected chi connectivity index (χ4v) is 3.84. The molecule has 1 aliphatic rings. The summed E-state index contributed by atoms with van der Waals surface area (Å²) in [6, 6.07) is 13.1. The van der Waals surface area contributed by atoms with E-state index in [4.69, 9.17) is 17.0 Å². The fourth-order valence-electron chi connectivity index (χ4n) is 2.82. The van der Waals surface area contributed by atoms with E-state index in [-0.39, 0.29) is 11.6 Å². The van der Waals surface area contributed by atoms with Gasteiger partial charge in [0.1, 0.15) is 16.6 Å². The molecule has 1 aliphatic heterocycles. The minimum absolute atomic E-state index is 0.169. The Labute approximate surface area is 159 Å². The zero-order valence-electron chi connectivity index (χ0n) is 13.7. The van der Waals surface area contributed by atoms with Crippen molar-refractivity contribution in [2.75, 3.05) is 6.54 Å². The van der Waals surface area contributed by atoms with Gasteiger partial charge in [0.15, 0.2) is 0 Å². The number of halogens is 1. The first kappa shape index (κ1) is 16.8. The van der Waals surface area contributed by atoms with Gasteiger partial charge in [-0.15, -0.1) is 11.3 Å². The van der Waals surface area contributed by atoms with Gasteiger partial charge in [-0.3, -0.25) is 10.4 Å². The van der Waals surface area contributed by atoms with Gasteiger partial charge in [0.2, 0.25) is 0 Å². The Balaban J connectivity index is 1.57. The van der Waals surface area contributed by atoms with Crippen LogP contribution in [0, 0.1) is 5.41 Å². The first-order valence-electron chi connectivity index (χ1n) is 7.99. The van der Waals surface area contributed by atoms with Crippen LogP contribution in [0.1, 0.15) is 10.7 Å². The van der Waals surface area contributed by atoms with Gasteiger partial charge in [-0.2, -0.15) is 0 Å². The third-order valence-electron chi connectivity index (χ3n) is 4.12. The van der Waals surface area contributed by atoms with E-state index in [1.54, 1.807) is 11.1 Å². The van der Waals surface area contributed by atoms with Crippen molar-refractivity contribution in [1.82, 2.24) is 14.9 Å². The molecule has 7 heteroatoms. The maximum absolute atomic E-state index is 10.4. The van der Waals surface area contributed by atoms with E-state index in [9.17, 15) is 5.11 Å². The molecule has 0 atom stereocenters. The van der Waals surface area contributed by atoms with E-state index in [1.165, 1.54) is 11.3 Å². The average molecular weight is 383 g/mol. The molecule has 5 nitrogen and oxygen atoms in total. The normalized spacial score (nSPS) is 14.3. The lowest BCUT2D eigenvalue weighted by atomic mass is 10.2. The van der Waals surface area contributed by atoms with Gasteiger partial charge in [-0.1, -0.05) is 29.8 Å². The predicted octanol–water partition coefficient (Wildman–Crippen LogP) is 4.62. The van der Waals surface area contributed by atoms with Crippen molar-refractivity contribution in [2.45, 2.75) is 6.54 Å². The summed E-state index contributed by atoms with van der Waals surface area (Å²) in [7, 11) is 0. The number of aromatic nitrogens is 2. The second-order valence-electron chi connectivity index (χ2n) is 5.89. The molecule has 0 bridgehead atoms. The molecule has 0 radical (unpaired) electrons. The number of aliphatic hydroxyl groups excluding tert-OH is 1. The highest BCUT2D eigenvalue weighted by molar-refractivity contribution is 7.11. The number of pyridine rings is 1. The van der Waals surface area contributed by atoms with Gasteiger partial charge in [-0.25, -0.2) is 4.98 Å². The number of thiazole rings is 1. The summed E-state index contributed by atoms with van der Waals surface area (Å²) in [6.45, 7) is 0.767. The van der Waals surface area contributed by atoms with Crippen LogP contribution in [0.15, 0.2) is 59.8 Å². The van der Waals surface area contributed by atoms with E-state index in [2.05, 4.69) is 9.97 Å². The molecule has 26 heavy (non-hydrogen) atoms. The van der Waals surface area contributed by atoms with Gasteiger partial charge >= 0.3 is 0 Å². The molecule has 2 aromatic heterocycles. The fraction of sp³-hybridized carbons (Fsp3) is 0.105. The predicted molar refractivity (Wildman–Crippen MR) is 104 cm³/mol. The number of hydrogen-bond donors (Lipinski definition) is 2. The third kappa shape index (κ3) is 3.21. The maximum atomic E-state index is 10.4. The lowest BCUT2D eigenvalue weighted by Crippen LogP contribution is -2.26. The second kappa shape index (κ2) is 6.90. The molecule has 0 saturated carbocycles. The Morgan fingerprint density at radius 2 is 2.00 bits per heavy atom. The van der Waals surface area contributed by atoms with Crippen molar-refractivity contribution in [2.24, 2.45) is 0 Å². The Bertz CT molecular complexity index is 982. The first-order valence-corrected chi connectivity index (χ1v) is 9.25. The number of nitrogens with zero attached hydrogens (tertiary/aromatic N) is 3. The molecular weight excluding hydrogens is 368 g/mol. The first-order chi connectivity index (χ1) is 12.6. The van der Waals surface area contributed by atoms with Crippen LogP contribution in [0.4, 0.5) is 0 Å². The molecule has 0 spiro atoms. The van der Waals surface area contributed by atoms with Crippen LogP contribution >= 0.6 is 22.9 Å². The van der Waals surface area contributed by atoms with Crippen LogP contribution in [-0.2, 0) is 6.54 Å². The van der Waals surface area contributed by atoms with E-state index < -0.39 is 0 Å². The second-order valence-corrected chi connectivity index (χ2v) is 7.19. The summed E-state index contributed by atoms with van der Waals surface area (Å²) in [4.78, 5) is 10.7. The van der Waals surface area contributed by atoms with Crippen molar-refractivity contribution >= 4 is 34.3 Å².